The molecule has 0 unspecified atom stereocenters. The standard InChI is InChI=1S/C23H21NO2/c1-4-14-26-22-13-8-18(16-23(22)25-5-2)7-10-20-11-9-19-15-17(3)6-12-21(19)24-20/h1,6-13,15-16H,5,14H2,2-3H3/b10-7+. The number of benzene rings is 2. The van der Waals surface area contributed by atoms with Gasteiger partial charge >= 0.3 is 0 Å². The molecule has 3 rings (SSSR count). The summed E-state index contributed by atoms with van der Waals surface area (Å²) in [5, 5.41) is 1.15. The highest BCUT2D eigenvalue weighted by Gasteiger charge is 2.05. The van der Waals surface area contributed by atoms with Crippen LogP contribution in [-0.2, 0) is 0 Å². The van der Waals surface area contributed by atoms with Crippen LogP contribution >= 0.6 is 0 Å². The lowest BCUT2D eigenvalue weighted by atomic mass is 10.1. The Hall–Kier alpha value is -3.25. The highest BCUT2D eigenvalue weighted by Crippen LogP contribution is 2.29. The normalized spacial score (nSPS) is 10.8. The summed E-state index contributed by atoms with van der Waals surface area (Å²) in [6.45, 7) is 4.80. The molecule has 0 radical (unpaired) electrons. The fourth-order valence-electron chi connectivity index (χ4n) is 2.67. The van der Waals surface area contributed by atoms with Gasteiger partial charge < -0.3 is 9.47 Å². The molecule has 2 aromatic carbocycles. The molecule has 0 amide bonds. The molecule has 3 heteroatoms. The van der Waals surface area contributed by atoms with Crippen molar-refractivity contribution in [2.24, 2.45) is 0 Å². The molecular formula is C23H21NO2. The molecule has 1 heterocycles. The Morgan fingerprint density at radius 2 is 1.88 bits per heavy atom. The van der Waals surface area contributed by atoms with Gasteiger partial charge in [-0.1, -0.05) is 35.8 Å². The Morgan fingerprint density at radius 3 is 2.69 bits per heavy atom. The van der Waals surface area contributed by atoms with Crippen LogP contribution in [-0.4, -0.2) is 18.2 Å². The second kappa shape index (κ2) is 8.22. The molecule has 26 heavy (non-hydrogen) atoms. The van der Waals surface area contributed by atoms with Crippen LogP contribution in [0.4, 0.5) is 0 Å². The maximum atomic E-state index is 5.65. The van der Waals surface area contributed by atoms with Gasteiger partial charge in [-0.15, -0.1) is 6.42 Å². The van der Waals surface area contributed by atoms with Crippen LogP contribution in [0.5, 0.6) is 11.5 Å². The lowest BCUT2D eigenvalue weighted by Gasteiger charge is -2.11. The Kier molecular flexibility index (Phi) is 5.56. The summed E-state index contributed by atoms with van der Waals surface area (Å²) in [5.74, 6) is 3.81. The van der Waals surface area contributed by atoms with Gasteiger partial charge in [0.2, 0.25) is 0 Å². The molecule has 0 aliphatic rings. The van der Waals surface area contributed by atoms with Gasteiger partial charge in [-0.05, 0) is 55.8 Å². The molecule has 0 bridgehead atoms. The van der Waals surface area contributed by atoms with Crippen molar-refractivity contribution in [2.45, 2.75) is 13.8 Å². The van der Waals surface area contributed by atoms with Gasteiger partial charge in [-0.2, -0.15) is 0 Å². The smallest absolute Gasteiger partial charge is 0.162 e. The van der Waals surface area contributed by atoms with Crippen LogP contribution in [0.1, 0.15) is 23.7 Å². The first-order chi connectivity index (χ1) is 12.7. The second-order valence-corrected chi connectivity index (χ2v) is 5.90. The largest absolute Gasteiger partial charge is 0.490 e. The van der Waals surface area contributed by atoms with Gasteiger partial charge in [0.15, 0.2) is 11.5 Å². The molecule has 1 aromatic heterocycles. The monoisotopic (exact) mass is 343 g/mol. The van der Waals surface area contributed by atoms with Gasteiger partial charge in [0.1, 0.15) is 6.61 Å². The molecular weight excluding hydrogens is 322 g/mol. The Bertz CT molecular complexity index is 983. The predicted octanol–water partition coefficient (Wildman–Crippen LogP) is 5.12. The fraction of sp³-hybridized carbons (Fsp3) is 0.174. The van der Waals surface area contributed by atoms with Gasteiger partial charge in [-0.25, -0.2) is 4.98 Å². The minimum Gasteiger partial charge on any atom is -0.490 e. The zero-order valence-electron chi connectivity index (χ0n) is 15.0. The first kappa shape index (κ1) is 17.6. The number of ether oxygens (including phenoxy) is 2. The van der Waals surface area contributed by atoms with Crippen molar-refractivity contribution in [1.29, 1.82) is 0 Å². The van der Waals surface area contributed by atoms with E-state index in [-0.39, 0.29) is 6.61 Å². The summed E-state index contributed by atoms with van der Waals surface area (Å²) in [6.07, 6.45) is 9.26. The SMILES string of the molecule is C#CCOc1ccc(/C=C/c2ccc3cc(C)ccc3n2)cc1OCC. The molecule has 0 saturated heterocycles. The predicted molar refractivity (Wildman–Crippen MR) is 107 cm³/mol. The molecule has 130 valence electrons. The van der Waals surface area contributed by atoms with Crippen LogP contribution in [0.2, 0.25) is 0 Å². The van der Waals surface area contributed by atoms with E-state index >= 15 is 0 Å². The van der Waals surface area contributed by atoms with E-state index in [1.807, 2.05) is 49.4 Å². The number of aromatic nitrogens is 1. The van der Waals surface area contributed by atoms with E-state index in [2.05, 4.69) is 36.0 Å². The Labute approximate surface area is 154 Å². The zero-order valence-corrected chi connectivity index (χ0v) is 15.0. The molecule has 0 saturated carbocycles. The summed E-state index contributed by atoms with van der Waals surface area (Å²) in [6, 6.07) is 16.2. The number of terminal acetylenes is 1. The Balaban J connectivity index is 1.84. The van der Waals surface area contributed by atoms with Crippen molar-refractivity contribution in [3.63, 3.8) is 0 Å². The van der Waals surface area contributed by atoms with Crippen molar-refractivity contribution in [2.75, 3.05) is 13.2 Å². The van der Waals surface area contributed by atoms with Crippen LogP contribution in [0, 0.1) is 19.3 Å². The molecule has 0 N–H and O–H groups in total. The number of nitrogens with zero attached hydrogens (tertiary/aromatic N) is 1. The van der Waals surface area contributed by atoms with Crippen molar-refractivity contribution in [3.05, 3.63) is 65.4 Å². The van der Waals surface area contributed by atoms with Crippen molar-refractivity contribution < 1.29 is 9.47 Å². The van der Waals surface area contributed by atoms with E-state index in [4.69, 9.17) is 15.9 Å². The summed E-state index contributed by atoms with van der Waals surface area (Å²) < 4.78 is 11.2. The number of hydrogen-bond acceptors (Lipinski definition) is 3. The van der Waals surface area contributed by atoms with Crippen molar-refractivity contribution in [1.82, 2.24) is 4.98 Å². The minimum atomic E-state index is 0.218. The number of hydrogen-bond donors (Lipinski definition) is 0. The minimum absolute atomic E-state index is 0.218. The van der Waals surface area contributed by atoms with Gasteiger partial charge in [0, 0.05) is 5.39 Å². The summed E-state index contributed by atoms with van der Waals surface area (Å²) >= 11 is 0. The van der Waals surface area contributed by atoms with E-state index in [0.29, 0.717) is 18.1 Å². The highest BCUT2D eigenvalue weighted by molar-refractivity contribution is 5.81. The lowest BCUT2D eigenvalue weighted by Crippen LogP contribution is -1.99. The summed E-state index contributed by atoms with van der Waals surface area (Å²) in [7, 11) is 0. The van der Waals surface area contributed by atoms with Crippen LogP contribution in [0.15, 0.2) is 48.5 Å². The number of fused-ring (bicyclic) bond motifs is 1. The molecule has 0 fully saturated rings. The number of rotatable bonds is 6. The van der Waals surface area contributed by atoms with Crippen molar-refractivity contribution >= 4 is 23.1 Å². The molecule has 3 aromatic rings. The van der Waals surface area contributed by atoms with E-state index < -0.39 is 0 Å². The average Bonchev–Trinajstić information content (AvgIpc) is 2.66. The lowest BCUT2D eigenvalue weighted by molar-refractivity contribution is 0.299. The fourth-order valence-corrected chi connectivity index (χ4v) is 2.67. The van der Waals surface area contributed by atoms with E-state index in [1.54, 1.807) is 0 Å². The molecule has 3 nitrogen and oxygen atoms in total. The molecule has 0 atom stereocenters. The number of aryl methyl sites for hydroxylation is 1. The number of pyridine rings is 1. The third-order valence-corrected chi connectivity index (χ3v) is 3.89. The van der Waals surface area contributed by atoms with E-state index in [1.165, 1.54) is 5.56 Å². The van der Waals surface area contributed by atoms with E-state index in [9.17, 15) is 0 Å². The maximum Gasteiger partial charge on any atom is 0.162 e. The summed E-state index contributed by atoms with van der Waals surface area (Å²) in [5.41, 5.74) is 4.14. The Morgan fingerprint density at radius 1 is 1.00 bits per heavy atom. The van der Waals surface area contributed by atoms with Gasteiger partial charge in [0.05, 0.1) is 17.8 Å². The zero-order chi connectivity index (χ0) is 18.4. The van der Waals surface area contributed by atoms with Gasteiger partial charge in [0.25, 0.3) is 0 Å². The van der Waals surface area contributed by atoms with Crippen LogP contribution < -0.4 is 9.47 Å². The van der Waals surface area contributed by atoms with Crippen molar-refractivity contribution in [3.8, 4) is 23.8 Å². The quantitative estimate of drug-likeness (QED) is 0.582. The van der Waals surface area contributed by atoms with E-state index in [0.717, 1.165) is 22.2 Å². The first-order valence-corrected chi connectivity index (χ1v) is 8.58. The van der Waals surface area contributed by atoms with Crippen LogP contribution in [0.3, 0.4) is 0 Å². The maximum absolute atomic E-state index is 5.65. The molecule has 0 aliphatic heterocycles. The van der Waals surface area contributed by atoms with Gasteiger partial charge in [-0.3, -0.25) is 0 Å². The molecule has 0 aliphatic carbocycles. The average molecular weight is 343 g/mol. The second-order valence-electron chi connectivity index (χ2n) is 5.90. The van der Waals surface area contributed by atoms with Crippen LogP contribution in [0.25, 0.3) is 23.1 Å². The third-order valence-electron chi connectivity index (χ3n) is 3.89. The molecule has 0 spiro atoms. The highest BCUT2D eigenvalue weighted by atomic mass is 16.5. The summed E-state index contributed by atoms with van der Waals surface area (Å²) in [4.78, 5) is 4.68. The third kappa shape index (κ3) is 4.23. The topological polar surface area (TPSA) is 31.4 Å². The first-order valence-electron chi connectivity index (χ1n) is 8.58.